The lowest BCUT2D eigenvalue weighted by Crippen LogP contribution is -2.27. The fraction of sp³-hybridized carbons (Fsp3) is 0.375. The molecule has 1 aromatic heterocycles. The summed E-state index contributed by atoms with van der Waals surface area (Å²) in [6, 6.07) is 7.17. The van der Waals surface area contributed by atoms with Crippen molar-refractivity contribution < 1.29 is 14.3 Å². The summed E-state index contributed by atoms with van der Waals surface area (Å²) in [7, 11) is 1.36. The highest BCUT2D eigenvalue weighted by Crippen LogP contribution is 2.37. The summed E-state index contributed by atoms with van der Waals surface area (Å²) in [5.41, 5.74) is 2.31. The molecule has 0 N–H and O–H groups in total. The number of methoxy groups -OCH3 is 1. The molecule has 0 spiro atoms. The summed E-state index contributed by atoms with van der Waals surface area (Å²) >= 11 is 1.57. The molecule has 1 aliphatic heterocycles. The number of esters is 1. The molecular formula is C16H18N4O3S. The number of aromatic nitrogens is 3. The monoisotopic (exact) mass is 346 g/mol. The van der Waals surface area contributed by atoms with Gasteiger partial charge < -0.3 is 9.64 Å². The van der Waals surface area contributed by atoms with Crippen LogP contribution in [0.1, 0.15) is 33.9 Å². The summed E-state index contributed by atoms with van der Waals surface area (Å²) in [6.45, 7) is 3.17. The molecule has 1 fully saturated rings. The van der Waals surface area contributed by atoms with Crippen molar-refractivity contribution in [3.8, 4) is 0 Å². The van der Waals surface area contributed by atoms with Crippen molar-refractivity contribution in [1.82, 2.24) is 19.9 Å². The summed E-state index contributed by atoms with van der Waals surface area (Å²) in [5.74, 6) is 0.271. The Bertz CT molecular complexity index is 744. The maximum atomic E-state index is 11.8. The van der Waals surface area contributed by atoms with E-state index in [2.05, 4.69) is 15.0 Å². The lowest BCUT2D eigenvalue weighted by atomic mass is 10.1. The summed E-state index contributed by atoms with van der Waals surface area (Å²) in [5, 5.41) is 8.30. The average molecular weight is 346 g/mol. The molecule has 0 saturated carbocycles. The maximum absolute atomic E-state index is 11.8. The second-order valence-corrected chi connectivity index (χ2v) is 6.44. The zero-order chi connectivity index (χ0) is 17.1. The van der Waals surface area contributed by atoms with Crippen molar-refractivity contribution in [3.63, 3.8) is 0 Å². The lowest BCUT2D eigenvalue weighted by Gasteiger charge is -2.19. The van der Waals surface area contributed by atoms with Gasteiger partial charge in [0.05, 0.1) is 31.2 Å². The van der Waals surface area contributed by atoms with Crippen molar-refractivity contribution in [2.45, 2.75) is 18.8 Å². The van der Waals surface area contributed by atoms with E-state index in [0.29, 0.717) is 24.4 Å². The van der Waals surface area contributed by atoms with Crippen molar-refractivity contribution >= 4 is 23.6 Å². The Morgan fingerprint density at radius 3 is 2.79 bits per heavy atom. The van der Waals surface area contributed by atoms with Gasteiger partial charge in [-0.05, 0) is 24.6 Å². The number of hydrogen-bond acceptors (Lipinski definition) is 6. The smallest absolute Gasteiger partial charge is 0.337 e. The van der Waals surface area contributed by atoms with Gasteiger partial charge in [-0.2, -0.15) is 0 Å². The molecule has 1 aliphatic rings. The standard InChI is InChI=1S/C16H18N4O3S/c1-3-20-14(21)10-24-15(20)13-9-19(18-17-13)8-11-4-6-12(7-5-11)16(22)23-2/h4-7,9,15H,3,8,10H2,1-2H3/t15-/m0/s1. The third kappa shape index (κ3) is 3.28. The maximum Gasteiger partial charge on any atom is 0.337 e. The number of ether oxygens (including phenoxy) is 1. The number of nitrogens with zero attached hydrogens (tertiary/aromatic N) is 4. The molecule has 3 rings (SSSR count). The van der Waals surface area contributed by atoms with Gasteiger partial charge in [-0.25, -0.2) is 9.48 Å². The first-order valence-electron chi connectivity index (χ1n) is 7.60. The number of hydrogen-bond donors (Lipinski definition) is 0. The Kier molecular flexibility index (Phi) is 4.84. The highest BCUT2D eigenvalue weighted by Gasteiger charge is 2.33. The summed E-state index contributed by atoms with van der Waals surface area (Å²) in [4.78, 5) is 25.1. The predicted molar refractivity (Wildman–Crippen MR) is 89.5 cm³/mol. The van der Waals surface area contributed by atoms with Gasteiger partial charge in [0.2, 0.25) is 5.91 Å². The molecule has 2 aromatic rings. The predicted octanol–water partition coefficient (Wildman–Crippen LogP) is 1.71. The Morgan fingerprint density at radius 2 is 2.12 bits per heavy atom. The van der Waals surface area contributed by atoms with Gasteiger partial charge in [-0.15, -0.1) is 16.9 Å². The molecule has 0 bridgehead atoms. The number of thioether (sulfide) groups is 1. The molecule has 0 unspecified atom stereocenters. The second-order valence-electron chi connectivity index (χ2n) is 5.37. The molecule has 1 amide bonds. The van der Waals surface area contributed by atoms with E-state index in [1.54, 1.807) is 28.6 Å². The molecule has 2 heterocycles. The van der Waals surface area contributed by atoms with Gasteiger partial charge in [0, 0.05) is 6.54 Å². The first-order valence-corrected chi connectivity index (χ1v) is 8.65. The largest absolute Gasteiger partial charge is 0.465 e. The number of benzene rings is 1. The number of carbonyl (C=O) groups excluding carboxylic acids is 2. The van der Waals surface area contributed by atoms with Crippen molar-refractivity contribution in [2.75, 3.05) is 19.4 Å². The topological polar surface area (TPSA) is 77.3 Å². The third-order valence-corrected chi connectivity index (χ3v) is 5.06. The first kappa shape index (κ1) is 16.5. The Hall–Kier alpha value is -2.35. The molecule has 7 nitrogen and oxygen atoms in total. The van der Waals surface area contributed by atoms with E-state index in [1.165, 1.54) is 7.11 Å². The quantitative estimate of drug-likeness (QED) is 0.767. The van der Waals surface area contributed by atoms with E-state index in [9.17, 15) is 9.59 Å². The van der Waals surface area contributed by atoms with Crippen LogP contribution in [-0.4, -0.2) is 51.2 Å². The average Bonchev–Trinajstić information content (AvgIpc) is 3.20. The number of carbonyl (C=O) groups is 2. The van der Waals surface area contributed by atoms with Gasteiger partial charge in [0.25, 0.3) is 0 Å². The van der Waals surface area contributed by atoms with Crippen molar-refractivity contribution in [1.29, 1.82) is 0 Å². The fourth-order valence-corrected chi connectivity index (χ4v) is 3.79. The van der Waals surface area contributed by atoms with E-state index < -0.39 is 0 Å². The van der Waals surface area contributed by atoms with Crippen LogP contribution in [0.5, 0.6) is 0 Å². The molecule has 1 aromatic carbocycles. The molecule has 1 atom stereocenters. The second kappa shape index (κ2) is 7.04. The normalized spacial score (nSPS) is 17.3. The van der Waals surface area contributed by atoms with Gasteiger partial charge in [-0.3, -0.25) is 4.79 Å². The molecular weight excluding hydrogens is 328 g/mol. The van der Waals surface area contributed by atoms with Crippen LogP contribution in [0.2, 0.25) is 0 Å². The van der Waals surface area contributed by atoms with E-state index in [4.69, 9.17) is 0 Å². The molecule has 1 saturated heterocycles. The van der Waals surface area contributed by atoms with E-state index in [-0.39, 0.29) is 17.3 Å². The third-order valence-electron chi connectivity index (χ3n) is 3.84. The van der Waals surface area contributed by atoms with Crippen molar-refractivity contribution in [2.24, 2.45) is 0 Å². The molecule has 0 radical (unpaired) electrons. The minimum Gasteiger partial charge on any atom is -0.465 e. The van der Waals surface area contributed by atoms with Gasteiger partial charge >= 0.3 is 5.97 Å². The molecule has 0 aliphatic carbocycles. The van der Waals surface area contributed by atoms with Crippen LogP contribution in [-0.2, 0) is 16.1 Å². The minimum absolute atomic E-state index is 0.0575. The van der Waals surface area contributed by atoms with E-state index >= 15 is 0 Å². The Morgan fingerprint density at radius 1 is 1.38 bits per heavy atom. The Balaban J connectivity index is 1.70. The van der Waals surface area contributed by atoms with Crippen LogP contribution in [0.4, 0.5) is 0 Å². The van der Waals surface area contributed by atoms with Crippen LogP contribution < -0.4 is 0 Å². The highest BCUT2D eigenvalue weighted by atomic mass is 32.2. The molecule has 126 valence electrons. The van der Waals surface area contributed by atoms with Crippen LogP contribution >= 0.6 is 11.8 Å². The molecule has 8 heteroatoms. The van der Waals surface area contributed by atoms with E-state index in [1.807, 2.05) is 30.2 Å². The van der Waals surface area contributed by atoms with Crippen LogP contribution in [0, 0.1) is 0 Å². The van der Waals surface area contributed by atoms with Gasteiger partial charge in [-0.1, -0.05) is 17.3 Å². The van der Waals surface area contributed by atoms with Gasteiger partial charge in [0.15, 0.2) is 0 Å². The fourth-order valence-electron chi connectivity index (χ4n) is 2.60. The minimum atomic E-state index is -0.354. The van der Waals surface area contributed by atoms with E-state index in [0.717, 1.165) is 11.3 Å². The summed E-state index contributed by atoms with van der Waals surface area (Å²) < 4.78 is 6.42. The first-order chi connectivity index (χ1) is 11.6. The van der Waals surface area contributed by atoms with Gasteiger partial charge in [0.1, 0.15) is 11.1 Å². The zero-order valence-electron chi connectivity index (χ0n) is 13.5. The number of rotatable bonds is 5. The van der Waals surface area contributed by atoms with Crippen LogP contribution in [0.25, 0.3) is 0 Å². The Labute approximate surface area is 144 Å². The lowest BCUT2D eigenvalue weighted by molar-refractivity contribution is -0.127. The number of amides is 1. The van der Waals surface area contributed by atoms with Crippen molar-refractivity contribution in [3.05, 3.63) is 47.3 Å². The van der Waals surface area contributed by atoms with Crippen LogP contribution in [0.3, 0.4) is 0 Å². The zero-order valence-corrected chi connectivity index (χ0v) is 14.3. The molecule has 24 heavy (non-hydrogen) atoms. The summed E-state index contributed by atoms with van der Waals surface area (Å²) in [6.07, 6.45) is 1.87. The SMILES string of the molecule is CCN1C(=O)CS[C@H]1c1cn(Cc2ccc(C(=O)OC)cc2)nn1. The highest BCUT2D eigenvalue weighted by molar-refractivity contribution is 8.00. The van der Waals surface area contributed by atoms with Crippen LogP contribution in [0.15, 0.2) is 30.5 Å².